The number of aromatic nitrogens is 9. The van der Waals surface area contributed by atoms with E-state index in [1.54, 1.807) is 24.5 Å². The number of hydrogen-bond donors (Lipinski definition) is 6. The predicted octanol–water partition coefficient (Wildman–Crippen LogP) is 11.1. The van der Waals surface area contributed by atoms with Crippen molar-refractivity contribution in [1.82, 2.24) is 56.0 Å². The van der Waals surface area contributed by atoms with Crippen molar-refractivity contribution < 1.29 is 57.3 Å². The van der Waals surface area contributed by atoms with Crippen LogP contribution in [0.5, 0.6) is 34.5 Å². The van der Waals surface area contributed by atoms with Gasteiger partial charge >= 0.3 is 0 Å². The number of H-pyrrole nitrogens is 1. The summed E-state index contributed by atoms with van der Waals surface area (Å²) in [5.41, 5.74) is 7.31. The Morgan fingerprint density at radius 3 is 1.39 bits per heavy atom. The molecule has 0 fully saturated rings. The zero-order valence-electron chi connectivity index (χ0n) is 51.3. The zero-order chi connectivity index (χ0) is 62.6. The average Bonchev–Trinajstić information content (AvgIpc) is 3.50. The quantitative estimate of drug-likeness (QED) is 0.0279. The summed E-state index contributed by atoms with van der Waals surface area (Å²) in [5.74, 6) is 6.55. The fourth-order valence-electron chi connectivity index (χ4n) is 8.64. The van der Waals surface area contributed by atoms with E-state index < -0.39 is 0 Å². The normalized spacial score (nSPS) is 11.4. The van der Waals surface area contributed by atoms with Crippen molar-refractivity contribution in [3.8, 4) is 103 Å². The number of hydrogen-bond acceptors (Lipinski definition) is 22. The summed E-state index contributed by atoms with van der Waals surface area (Å²) in [7, 11) is 0. The Bertz CT molecular complexity index is 3800. The van der Waals surface area contributed by atoms with Gasteiger partial charge in [0.05, 0.1) is 70.8 Å². The minimum Gasteiger partial charge on any atom is -0.490 e. The standard InChI is InChI=1S/C25H30N4O4.C22H28N4O4.C18H19N3O4/c1-5-31-20-11-10-16(12-21(20)32-6-2)24-28-23(29-33-24)18-8-7-9-19-22(18)17(13-26-19)14-27-25(3,4)15-30;1-5-28-18-8-7-16(12-19(18)29-6-2)21-25-20(26-30-21)15-9-10-23-17(11-15)13-24-22(3,4)14-27;1-3-23-15-8-6-12(9-16(15)24-4-2)18-20-17(21-25-18)13-5-7-14(11-22)19-10-13/h7-13,26-27,30H,5-6,14-15H2,1-4H3;7-12,24,27H,5-6,13-14H2,1-4H3;5-10,22H,3-4,11H2,1-2H3. The minimum absolute atomic E-state index is 0.0344. The molecule has 88 heavy (non-hydrogen) atoms. The first kappa shape index (κ1) is 64.7. The first-order chi connectivity index (χ1) is 42.6. The number of pyridine rings is 2. The van der Waals surface area contributed by atoms with Crippen molar-refractivity contribution in [1.29, 1.82) is 0 Å². The van der Waals surface area contributed by atoms with Crippen LogP contribution in [0.1, 0.15) is 86.2 Å². The van der Waals surface area contributed by atoms with Gasteiger partial charge in [0.1, 0.15) is 0 Å². The lowest BCUT2D eigenvalue weighted by molar-refractivity contribution is 0.187. The third-order valence-electron chi connectivity index (χ3n) is 13.3. The second kappa shape index (κ2) is 30.9. The predicted molar refractivity (Wildman–Crippen MR) is 332 cm³/mol. The maximum atomic E-state index is 9.56. The molecule has 0 saturated carbocycles. The van der Waals surface area contributed by atoms with Gasteiger partial charge in [-0.1, -0.05) is 27.6 Å². The Kier molecular flexibility index (Phi) is 22.7. The van der Waals surface area contributed by atoms with Crippen LogP contribution < -0.4 is 39.1 Å². The monoisotopic (exact) mass is 1200 g/mol. The summed E-state index contributed by atoms with van der Waals surface area (Å²) in [6.07, 6.45) is 5.28. The summed E-state index contributed by atoms with van der Waals surface area (Å²) in [4.78, 5) is 25.4. The molecule has 10 aromatic rings. The number of aromatic amines is 1. The Balaban J connectivity index is 0.000000173. The number of nitrogens with one attached hydrogen (secondary N) is 3. The van der Waals surface area contributed by atoms with Gasteiger partial charge in [-0.25, -0.2) is 0 Å². The largest absolute Gasteiger partial charge is 0.490 e. The molecule has 6 heterocycles. The van der Waals surface area contributed by atoms with Crippen molar-refractivity contribution in [3.05, 3.63) is 133 Å². The highest BCUT2D eigenvalue weighted by Crippen LogP contribution is 2.37. The van der Waals surface area contributed by atoms with E-state index >= 15 is 0 Å². The molecule has 0 atom stereocenters. The van der Waals surface area contributed by atoms with Crippen LogP contribution in [0.2, 0.25) is 0 Å². The van der Waals surface area contributed by atoms with Crippen molar-refractivity contribution in [3.63, 3.8) is 0 Å². The average molecular weight is 1200 g/mol. The molecule has 0 radical (unpaired) electrons. The Morgan fingerprint density at radius 2 is 0.920 bits per heavy atom. The van der Waals surface area contributed by atoms with Gasteiger partial charge in [-0.15, -0.1) is 0 Å². The molecule has 0 amide bonds. The number of rotatable bonds is 27. The van der Waals surface area contributed by atoms with Crippen LogP contribution in [0.3, 0.4) is 0 Å². The van der Waals surface area contributed by atoms with Gasteiger partial charge in [-0.05, 0) is 160 Å². The van der Waals surface area contributed by atoms with Gasteiger partial charge in [0, 0.05) is 87.0 Å². The highest BCUT2D eigenvalue weighted by molar-refractivity contribution is 5.96. The van der Waals surface area contributed by atoms with Gasteiger partial charge in [0.25, 0.3) is 17.7 Å². The molecule has 23 heteroatoms. The number of aliphatic hydroxyl groups is 3. The van der Waals surface area contributed by atoms with E-state index in [2.05, 4.69) is 56.0 Å². The van der Waals surface area contributed by atoms with Gasteiger partial charge in [0.15, 0.2) is 34.5 Å². The number of benzene rings is 4. The minimum atomic E-state index is -0.386. The first-order valence-corrected chi connectivity index (χ1v) is 29.2. The molecule has 0 aliphatic rings. The van der Waals surface area contributed by atoms with E-state index in [1.807, 2.05) is 160 Å². The molecule has 6 N–H and O–H groups in total. The topological polar surface area (TPSA) is 298 Å². The molecule has 0 saturated heterocycles. The molecule has 0 spiro atoms. The molecular formula is C65H77N11O12. The molecule has 0 aliphatic carbocycles. The smallest absolute Gasteiger partial charge is 0.258 e. The lowest BCUT2D eigenvalue weighted by Gasteiger charge is -2.23. The van der Waals surface area contributed by atoms with Crippen LogP contribution in [-0.2, 0) is 19.7 Å². The highest BCUT2D eigenvalue weighted by atomic mass is 16.5. The van der Waals surface area contributed by atoms with Crippen LogP contribution >= 0.6 is 0 Å². The highest BCUT2D eigenvalue weighted by Gasteiger charge is 2.22. The van der Waals surface area contributed by atoms with Crippen molar-refractivity contribution >= 4 is 10.9 Å². The van der Waals surface area contributed by atoms with Crippen LogP contribution in [0.15, 0.2) is 129 Å². The second-order valence-corrected chi connectivity index (χ2v) is 20.9. The van der Waals surface area contributed by atoms with E-state index in [0.29, 0.717) is 134 Å². The Labute approximate surface area is 510 Å². The van der Waals surface area contributed by atoms with E-state index in [1.165, 1.54) is 0 Å². The van der Waals surface area contributed by atoms with Crippen LogP contribution in [0.25, 0.3) is 79.4 Å². The lowest BCUT2D eigenvalue weighted by Crippen LogP contribution is -2.42. The Morgan fingerprint density at radius 1 is 0.466 bits per heavy atom. The second-order valence-electron chi connectivity index (χ2n) is 20.9. The van der Waals surface area contributed by atoms with Crippen molar-refractivity contribution in [2.45, 2.75) is 100 Å². The lowest BCUT2D eigenvalue weighted by atomic mass is 10.0. The molecule has 0 unspecified atom stereocenters. The third kappa shape index (κ3) is 16.8. The van der Waals surface area contributed by atoms with Gasteiger partial charge in [0.2, 0.25) is 17.5 Å². The molecule has 6 aromatic heterocycles. The SMILES string of the molecule is CCOc1ccc(-c2nc(-c3ccc(CO)nc3)no2)cc1OCC.CCOc1ccc(-c2nc(-c3cccc4[nH]cc(CNC(C)(C)CO)c34)no2)cc1OCC.CCOc1ccc(-c2nc(-c3ccnc(CNC(C)(C)CO)c3)no2)cc1OCC. The third-order valence-corrected chi connectivity index (χ3v) is 13.3. The molecular weight excluding hydrogens is 1130 g/mol. The Hall–Kier alpha value is -9.26. The van der Waals surface area contributed by atoms with Crippen molar-refractivity contribution in [2.24, 2.45) is 0 Å². The molecule has 23 nitrogen and oxygen atoms in total. The summed E-state index contributed by atoms with van der Waals surface area (Å²) < 4.78 is 50.3. The molecule has 464 valence electrons. The van der Waals surface area contributed by atoms with E-state index in [0.717, 1.165) is 50.0 Å². The first-order valence-electron chi connectivity index (χ1n) is 29.2. The van der Waals surface area contributed by atoms with Crippen LogP contribution in [0, 0.1) is 0 Å². The fourth-order valence-corrected chi connectivity index (χ4v) is 8.64. The van der Waals surface area contributed by atoms with E-state index in [4.69, 9.17) is 47.1 Å². The number of aliphatic hydroxyl groups excluding tert-OH is 3. The van der Waals surface area contributed by atoms with Gasteiger partial charge < -0.3 is 72.9 Å². The molecule has 4 aromatic carbocycles. The van der Waals surface area contributed by atoms with E-state index in [-0.39, 0.29) is 30.9 Å². The van der Waals surface area contributed by atoms with Crippen molar-refractivity contribution in [2.75, 3.05) is 52.9 Å². The maximum Gasteiger partial charge on any atom is 0.258 e. The van der Waals surface area contributed by atoms with Gasteiger partial charge in [-0.3, -0.25) is 9.97 Å². The maximum absolute atomic E-state index is 9.56. The van der Waals surface area contributed by atoms with Gasteiger partial charge in [-0.2, -0.15) is 15.0 Å². The zero-order valence-corrected chi connectivity index (χ0v) is 51.3. The summed E-state index contributed by atoms with van der Waals surface area (Å²) in [6.45, 7) is 23.6. The molecule has 0 bridgehead atoms. The summed E-state index contributed by atoms with van der Waals surface area (Å²) in [5, 5.41) is 48.0. The summed E-state index contributed by atoms with van der Waals surface area (Å²) >= 11 is 0. The molecule has 0 aliphatic heterocycles. The number of nitrogens with zero attached hydrogens (tertiary/aromatic N) is 8. The molecule has 10 rings (SSSR count). The summed E-state index contributed by atoms with van der Waals surface area (Å²) in [6, 6.07) is 29.8. The fraction of sp³-hybridized carbons (Fsp3) is 0.354. The number of ether oxygens (including phenoxy) is 6. The van der Waals surface area contributed by atoms with Crippen LogP contribution in [-0.4, -0.2) is 125 Å². The van der Waals surface area contributed by atoms with E-state index in [9.17, 15) is 10.2 Å². The van der Waals surface area contributed by atoms with Crippen LogP contribution in [0.4, 0.5) is 0 Å². The number of fused-ring (bicyclic) bond motifs is 1.